The number of anilines is 2. The molecule has 25 heavy (non-hydrogen) atoms. The number of aromatic nitrogens is 3. The zero-order valence-corrected chi connectivity index (χ0v) is 13.9. The fourth-order valence-electron chi connectivity index (χ4n) is 3.10. The van der Waals surface area contributed by atoms with Crippen LogP contribution in [0, 0.1) is 6.92 Å². The third-order valence-electron chi connectivity index (χ3n) is 4.32. The smallest absolute Gasteiger partial charge is 0.225 e. The Bertz CT molecular complexity index is 917. The normalized spacial score (nSPS) is 16.2. The molecule has 126 valence electrons. The summed E-state index contributed by atoms with van der Waals surface area (Å²) >= 11 is 0. The van der Waals surface area contributed by atoms with E-state index in [0.717, 1.165) is 28.5 Å². The first kappa shape index (κ1) is 15.4. The van der Waals surface area contributed by atoms with Gasteiger partial charge in [0, 0.05) is 30.8 Å². The molecule has 3 aromatic rings. The first-order chi connectivity index (χ1) is 12.2. The molecular weight excluding hydrogens is 314 g/mol. The molecule has 1 unspecified atom stereocenters. The molecular formula is C19H19N5O. The number of amides is 1. The average molecular weight is 333 g/mol. The third kappa shape index (κ3) is 3.24. The lowest BCUT2D eigenvalue weighted by Crippen LogP contribution is -2.27. The molecule has 0 spiro atoms. The van der Waals surface area contributed by atoms with Crippen LogP contribution < -0.4 is 10.6 Å². The quantitative estimate of drug-likeness (QED) is 0.769. The Morgan fingerprint density at radius 2 is 2.12 bits per heavy atom. The molecule has 1 aliphatic heterocycles. The van der Waals surface area contributed by atoms with Crippen molar-refractivity contribution in [2.24, 2.45) is 0 Å². The van der Waals surface area contributed by atoms with E-state index in [2.05, 4.69) is 26.8 Å². The zero-order chi connectivity index (χ0) is 17.2. The van der Waals surface area contributed by atoms with E-state index in [1.165, 1.54) is 0 Å². The molecule has 0 saturated heterocycles. The summed E-state index contributed by atoms with van der Waals surface area (Å²) in [5.41, 5.74) is 3.15. The highest BCUT2D eigenvalue weighted by molar-refractivity contribution is 5.94. The van der Waals surface area contributed by atoms with Crippen molar-refractivity contribution in [3.8, 4) is 5.82 Å². The number of fused-ring (bicyclic) bond motifs is 1. The van der Waals surface area contributed by atoms with Crippen LogP contribution in [0.1, 0.15) is 23.5 Å². The van der Waals surface area contributed by atoms with E-state index in [-0.39, 0.29) is 11.8 Å². The van der Waals surface area contributed by atoms with Gasteiger partial charge in [-0.1, -0.05) is 24.3 Å². The Kier molecular flexibility index (Phi) is 3.93. The summed E-state index contributed by atoms with van der Waals surface area (Å²) in [4.78, 5) is 16.5. The number of hydrogen-bond donors (Lipinski definition) is 2. The first-order valence-corrected chi connectivity index (χ1v) is 8.30. The summed E-state index contributed by atoms with van der Waals surface area (Å²) in [6, 6.07) is 13.7. The van der Waals surface area contributed by atoms with Gasteiger partial charge in [-0.25, -0.2) is 9.67 Å². The van der Waals surface area contributed by atoms with Crippen LogP contribution in [0.4, 0.5) is 11.5 Å². The van der Waals surface area contributed by atoms with Crippen molar-refractivity contribution in [3.05, 3.63) is 66.0 Å². The Balaban J connectivity index is 1.51. The predicted octanol–water partition coefficient (Wildman–Crippen LogP) is 3.11. The highest BCUT2D eigenvalue weighted by atomic mass is 16.1. The highest BCUT2D eigenvalue weighted by Crippen LogP contribution is 2.31. The van der Waals surface area contributed by atoms with Gasteiger partial charge < -0.3 is 10.6 Å². The van der Waals surface area contributed by atoms with E-state index < -0.39 is 0 Å². The molecule has 0 aliphatic carbocycles. The molecule has 1 aromatic carbocycles. The minimum absolute atomic E-state index is 0.0548. The van der Waals surface area contributed by atoms with Crippen molar-refractivity contribution in [2.75, 3.05) is 17.2 Å². The van der Waals surface area contributed by atoms with Crippen molar-refractivity contribution < 1.29 is 4.79 Å². The summed E-state index contributed by atoms with van der Waals surface area (Å²) in [5.74, 6) is 1.72. The van der Waals surface area contributed by atoms with Crippen LogP contribution in [0.15, 0.2) is 54.9 Å². The topological polar surface area (TPSA) is 71.8 Å². The summed E-state index contributed by atoms with van der Waals surface area (Å²) in [7, 11) is 0. The van der Waals surface area contributed by atoms with E-state index in [0.29, 0.717) is 13.0 Å². The lowest BCUT2D eigenvalue weighted by Gasteiger charge is -2.25. The summed E-state index contributed by atoms with van der Waals surface area (Å²) in [6.45, 7) is 2.65. The Hall–Kier alpha value is -3.15. The van der Waals surface area contributed by atoms with Gasteiger partial charge in [0.15, 0.2) is 5.82 Å². The van der Waals surface area contributed by atoms with E-state index in [1.54, 1.807) is 10.9 Å². The number of pyridine rings is 1. The number of carbonyl (C=O) groups excluding carboxylic acids is 1. The number of nitrogens with zero attached hydrogens (tertiary/aromatic N) is 3. The van der Waals surface area contributed by atoms with Gasteiger partial charge in [0.1, 0.15) is 5.82 Å². The van der Waals surface area contributed by atoms with Crippen molar-refractivity contribution >= 4 is 17.4 Å². The summed E-state index contributed by atoms with van der Waals surface area (Å²) < 4.78 is 1.75. The average Bonchev–Trinajstić information content (AvgIpc) is 3.06. The second-order valence-electron chi connectivity index (χ2n) is 6.26. The second kappa shape index (κ2) is 6.39. The van der Waals surface area contributed by atoms with E-state index in [1.807, 2.05) is 49.5 Å². The minimum Gasteiger partial charge on any atom is -0.369 e. The van der Waals surface area contributed by atoms with Crippen LogP contribution in [0.3, 0.4) is 0 Å². The number of carbonyl (C=O) groups is 1. The molecule has 1 amide bonds. The number of para-hydroxylation sites is 1. The molecule has 3 heterocycles. The SMILES string of the molecule is Cc1cnn(-c2cccc(NCC3CC(=O)Nc4ccccc43)n2)c1. The molecule has 0 bridgehead atoms. The molecule has 6 heteroatoms. The van der Waals surface area contributed by atoms with Crippen LogP contribution in [-0.4, -0.2) is 27.2 Å². The zero-order valence-electron chi connectivity index (χ0n) is 13.9. The third-order valence-corrected chi connectivity index (χ3v) is 4.32. The van der Waals surface area contributed by atoms with Gasteiger partial charge in [0.2, 0.25) is 5.91 Å². The van der Waals surface area contributed by atoms with Crippen LogP contribution in [0.5, 0.6) is 0 Å². The van der Waals surface area contributed by atoms with Crippen molar-refractivity contribution in [3.63, 3.8) is 0 Å². The van der Waals surface area contributed by atoms with Gasteiger partial charge in [-0.05, 0) is 36.2 Å². The number of nitrogens with one attached hydrogen (secondary N) is 2. The van der Waals surface area contributed by atoms with Gasteiger partial charge in [-0.15, -0.1) is 0 Å². The molecule has 0 fully saturated rings. The molecule has 0 radical (unpaired) electrons. The Labute approximate surface area is 145 Å². The van der Waals surface area contributed by atoms with Crippen molar-refractivity contribution in [2.45, 2.75) is 19.3 Å². The fraction of sp³-hybridized carbons (Fsp3) is 0.211. The standard InChI is InChI=1S/C19H19N5O/c1-13-10-21-24(12-13)18-8-4-7-17(23-18)20-11-14-9-19(25)22-16-6-3-2-5-15(14)16/h2-8,10,12,14H,9,11H2,1H3,(H,20,23)(H,22,25). The number of aryl methyl sites for hydroxylation is 1. The lowest BCUT2D eigenvalue weighted by atomic mass is 9.90. The van der Waals surface area contributed by atoms with Gasteiger partial charge in [0.05, 0.1) is 6.20 Å². The van der Waals surface area contributed by atoms with E-state index in [4.69, 9.17) is 0 Å². The van der Waals surface area contributed by atoms with Crippen molar-refractivity contribution in [1.29, 1.82) is 0 Å². The number of hydrogen-bond acceptors (Lipinski definition) is 4. The van der Waals surface area contributed by atoms with Gasteiger partial charge >= 0.3 is 0 Å². The predicted molar refractivity (Wildman–Crippen MR) is 97.0 cm³/mol. The largest absolute Gasteiger partial charge is 0.369 e. The van der Waals surface area contributed by atoms with Crippen molar-refractivity contribution in [1.82, 2.24) is 14.8 Å². The van der Waals surface area contributed by atoms with Crippen LogP contribution in [-0.2, 0) is 4.79 Å². The highest BCUT2D eigenvalue weighted by Gasteiger charge is 2.24. The molecule has 2 aromatic heterocycles. The molecule has 4 rings (SSSR count). The number of benzene rings is 1. The summed E-state index contributed by atoms with van der Waals surface area (Å²) in [5, 5.41) is 10.6. The van der Waals surface area contributed by atoms with Gasteiger partial charge in [-0.2, -0.15) is 5.10 Å². The monoisotopic (exact) mass is 333 g/mol. The molecule has 0 saturated carbocycles. The van der Waals surface area contributed by atoms with Gasteiger partial charge in [-0.3, -0.25) is 4.79 Å². The van der Waals surface area contributed by atoms with Crippen LogP contribution in [0.25, 0.3) is 5.82 Å². The maximum absolute atomic E-state index is 11.9. The molecule has 2 N–H and O–H groups in total. The number of rotatable bonds is 4. The van der Waals surface area contributed by atoms with E-state index >= 15 is 0 Å². The Morgan fingerprint density at radius 3 is 2.96 bits per heavy atom. The van der Waals surface area contributed by atoms with Crippen LogP contribution in [0.2, 0.25) is 0 Å². The molecule has 1 atom stereocenters. The van der Waals surface area contributed by atoms with Crippen LogP contribution >= 0.6 is 0 Å². The maximum atomic E-state index is 11.9. The van der Waals surface area contributed by atoms with Gasteiger partial charge in [0.25, 0.3) is 0 Å². The summed E-state index contributed by atoms with van der Waals surface area (Å²) in [6.07, 6.45) is 4.22. The van der Waals surface area contributed by atoms with E-state index in [9.17, 15) is 4.79 Å². The fourth-order valence-corrected chi connectivity index (χ4v) is 3.10. The second-order valence-corrected chi connectivity index (χ2v) is 6.26. The first-order valence-electron chi connectivity index (χ1n) is 8.30. The minimum atomic E-state index is 0.0548. The molecule has 1 aliphatic rings. The lowest BCUT2D eigenvalue weighted by molar-refractivity contribution is -0.116. The maximum Gasteiger partial charge on any atom is 0.225 e. The molecule has 6 nitrogen and oxygen atoms in total. The Morgan fingerprint density at radius 1 is 1.24 bits per heavy atom.